The largest absolute Gasteiger partial charge is 0.481 e. The molecular weight excluding hydrogens is 288 g/mol. The van der Waals surface area contributed by atoms with Gasteiger partial charge in [-0.1, -0.05) is 25.6 Å². The van der Waals surface area contributed by atoms with Crippen LogP contribution in [0.4, 0.5) is 5.95 Å². The molecular formula is C14H24N4O2S. The maximum absolute atomic E-state index is 10.8. The van der Waals surface area contributed by atoms with Crippen molar-refractivity contribution in [3.05, 3.63) is 0 Å². The van der Waals surface area contributed by atoms with Crippen molar-refractivity contribution in [2.75, 3.05) is 23.7 Å². The van der Waals surface area contributed by atoms with Crippen LogP contribution in [0.25, 0.3) is 0 Å². The second-order valence-electron chi connectivity index (χ2n) is 6.12. The summed E-state index contributed by atoms with van der Waals surface area (Å²) in [4.78, 5) is 13.0. The smallest absolute Gasteiger partial charge is 0.313 e. The van der Waals surface area contributed by atoms with E-state index in [0.717, 1.165) is 31.4 Å². The molecule has 0 bridgehead atoms. The Morgan fingerprint density at radius 1 is 1.38 bits per heavy atom. The maximum atomic E-state index is 10.8. The summed E-state index contributed by atoms with van der Waals surface area (Å²) < 4.78 is 2.05. The molecule has 21 heavy (non-hydrogen) atoms. The van der Waals surface area contributed by atoms with E-state index in [4.69, 9.17) is 5.11 Å². The number of thioether (sulfide) groups is 1. The van der Waals surface area contributed by atoms with E-state index in [1.807, 2.05) is 0 Å². The summed E-state index contributed by atoms with van der Waals surface area (Å²) in [5.74, 6) is 1.42. The van der Waals surface area contributed by atoms with Crippen molar-refractivity contribution in [2.45, 2.75) is 45.3 Å². The van der Waals surface area contributed by atoms with Crippen molar-refractivity contribution < 1.29 is 9.90 Å². The van der Waals surface area contributed by atoms with Crippen LogP contribution in [0.5, 0.6) is 0 Å². The van der Waals surface area contributed by atoms with E-state index in [0.29, 0.717) is 11.1 Å². The normalized spacial score (nSPS) is 22.8. The number of hydrogen-bond donors (Lipinski definition) is 1. The first-order valence-corrected chi connectivity index (χ1v) is 8.43. The number of carboxylic acid groups (broad SMARTS) is 1. The molecule has 1 N–H and O–H groups in total. The first-order valence-electron chi connectivity index (χ1n) is 7.44. The first kappa shape index (κ1) is 16.1. The van der Waals surface area contributed by atoms with Gasteiger partial charge < -0.3 is 10.0 Å². The molecule has 1 saturated heterocycles. The highest BCUT2D eigenvalue weighted by Gasteiger charge is 2.27. The number of hydrogen-bond acceptors (Lipinski definition) is 5. The highest BCUT2D eigenvalue weighted by Crippen LogP contribution is 2.30. The zero-order valence-corrected chi connectivity index (χ0v) is 13.9. The Morgan fingerprint density at radius 2 is 2.10 bits per heavy atom. The van der Waals surface area contributed by atoms with E-state index in [2.05, 4.69) is 47.4 Å². The Bertz CT molecular complexity index is 503. The molecule has 118 valence electrons. The van der Waals surface area contributed by atoms with E-state index >= 15 is 0 Å². The van der Waals surface area contributed by atoms with Gasteiger partial charge in [0.1, 0.15) is 0 Å². The molecule has 0 saturated carbocycles. The minimum absolute atomic E-state index is 0.0122. The van der Waals surface area contributed by atoms with Crippen LogP contribution < -0.4 is 4.90 Å². The maximum Gasteiger partial charge on any atom is 0.313 e. The van der Waals surface area contributed by atoms with Crippen molar-refractivity contribution in [3.8, 4) is 0 Å². The molecule has 1 aliphatic heterocycles. The van der Waals surface area contributed by atoms with E-state index in [1.165, 1.54) is 11.8 Å². The number of nitrogens with zero attached hydrogens (tertiary/aromatic N) is 4. The van der Waals surface area contributed by atoms with Crippen molar-refractivity contribution in [1.82, 2.24) is 14.8 Å². The number of carboxylic acids is 1. The van der Waals surface area contributed by atoms with Gasteiger partial charge in [0.15, 0.2) is 5.16 Å². The molecule has 1 fully saturated rings. The second-order valence-corrected chi connectivity index (χ2v) is 7.06. The lowest BCUT2D eigenvalue weighted by atomic mass is 9.89. The predicted molar refractivity (Wildman–Crippen MR) is 83.9 cm³/mol. The third-order valence-corrected chi connectivity index (χ3v) is 5.03. The van der Waals surface area contributed by atoms with Gasteiger partial charge in [-0.25, -0.2) is 0 Å². The molecule has 0 radical (unpaired) electrons. The van der Waals surface area contributed by atoms with Crippen LogP contribution in [-0.4, -0.2) is 44.7 Å². The molecule has 1 aromatic heterocycles. The van der Waals surface area contributed by atoms with Gasteiger partial charge in [0.25, 0.3) is 0 Å². The summed E-state index contributed by atoms with van der Waals surface area (Å²) >= 11 is 1.23. The lowest BCUT2D eigenvalue weighted by molar-refractivity contribution is -0.133. The van der Waals surface area contributed by atoms with Crippen LogP contribution in [0.1, 0.15) is 40.2 Å². The molecule has 2 heterocycles. The highest BCUT2D eigenvalue weighted by atomic mass is 32.2. The molecule has 0 amide bonds. The number of piperidine rings is 1. The minimum Gasteiger partial charge on any atom is -0.481 e. The zero-order valence-electron chi connectivity index (χ0n) is 13.1. The summed E-state index contributed by atoms with van der Waals surface area (Å²) in [5.41, 5.74) is 0. The van der Waals surface area contributed by atoms with Crippen molar-refractivity contribution >= 4 is 23.7 Å². The minimum atomic E-state index is -0.833. The van der Waals surface area contributed by atoms with Crippen LogP contribution in [-0.2, 0) is 4.79 Å². The number of aliphatic carboxylic acids is 1. The van der Waals surface area contributed by atoms with Crippen LogP contribution in [0.2, 0.25) is 0 Å². The van der Waals surface area contributed by atoms with Crippen molar-refractivity contribution in [1.29, 1.82) is 0 Å². The zero-order chi connectivity index (χ0) is 15.6. The number of anilines is 1. The molecule has 0 spiro atoms. The van der Waals surface area contributed by atoms with Crippen LogP contribution >= 0.6 is 11.8 Å². The third-order valence-electron chi connectivity index (χ3n) is 4.10. The van der Waals surface area contributed by atoms with Crippen LogP contribution in [0, 0.1) is 11.8 Å². The Morgan fingerprint density at radius 3 is 2.67 bits per heavy atom. The fourth-order valence-corrected chi connectivity index (χ4v) is 3.39. The quantitative estimate of drug-likeness (QED) is 0.842. The fourth-order valence-electron chi connectivity index (χ4n) is 2.61. The van der Waals surface area contributed by atoms with Gasteiger partial charge in [0.2, 0.25) is 5.95 Å². The Kier molecular flexibility index (Phi) is 5.13. The number of rotatable bonds is 5. The molecule has 2 atom stereocenters. The number of aromatic nitrogens is 3. The Balaban J connectivity index is 2.21. The van der Waals surface area contributed by atoms with E-state index in [9.17, 15) is 4.79 Å². The predicted octanol–water partition coefficient (Wildman–Crippen LogP) is 2.52. The van der Waals surface area contributed by atoms with Crippen molar-refractivity contribution in [2.24, 2.45) is 11.8 Å². The lowest BCUT2D eigenvalue weighted by Crippen LogP contribution is -2.40. The van der Waals surface area contributed by atoms with Crippen molar-refractivity contribution in [3.63, 3.8) is 0 Å². The molecule has 6 nitrogen and oxygen atoms in total. The van der Waals surface area contributed by atoms with Gasteiger partial charge in [-0.05, 0) is 32.1 Å². The topological polar surface area (TPSA) is 71.2 Å². The van der Waals surface area contributed by atoms with Crippen LogP contribution in [0.15, 0.2) is 5.16 Å². The summed E-state index contributed by atoms with van der Waals surface area (Å²) in [6.07, 6.45) is 1.16. The van der Waals surface area contributed by atoms with Gasteiger partial charge in [0.05, 0.1) is 5.75 Å². The average Bonchev–Trinajstić information content (AvgIpc) is 2.83. The standard InChI is InChI=1S/C14H24N4O2S/c1-9(2)18-13(15-16-14(18)21-8-12(19)20)17-6-5-10(3)11(4)7-17/h9-11H,5-8H2,1-4H3,(H,19,20). The summed E-state index contributed by atoms with van der Waals surface area (Å²) in [7, 11) is 0. The summed E-state index contributed by atoms with van der Waals surface area (Å²) in [6, 6.07) is 0.209. The molecule has 1 aromatic rings. The molecule has 2 rings (SSSR count). The Labute approximate surface area is 129 Å². The molecule has 2 unspecified atom stereocenters. The average molecular weight is 312 g/mol. The molecule has 0 aromatic carbocycles. The van der Waals surface area contributed by atoms with Gasteiger partial charge in [0, 0.05) is 19.1 Å². The van der Waals surface area contributed by atoms with E-state index in [1.54, 1.807) is 0 Å². The van der Waals surface area contributed by atoms with Gasteiger partial charge in [-0.15, -0.1) is 10.2 Å². The van der Waals surface area contributed by atoms with Gasteiger partial charge >= 0.3 is 5.97 Å². The molecule has 7 heteroatoms. The summed E-state index contributed by atoms with van der Waals surface area (Å²) in [5, 5.41) is 18.0. The lowest BCUT2D eigenvalue weighted by Gasteiger charge is -2.36. The fraction of sp³-hybridized carbons (Fsp3) is 0.786. The monoisotopic (exact) mass is 312 g/mol. The first-order chi connectivity index (χ1) is 9.90. The Hall–Kier alpha value is -1.24. The highest BCUT2D eigenvalue weighted by molar-refractivity contribution is 7.99. The van der Waals surface area contributed by atoms with Gasteiger partial charge in [-0.3, -0.25) is 9.36 Å². The summed E-state index contributed by atoms with van der Waals surface area (Å²) in [6.45, 7) is 10.7. The SMILES string of the molecule is CC1CCN(c2nnc(SCC(=O)O)n2C(C)C)CC1C. The number of carbonyl (C=O) groups is 1. The second kappa shape index (κ2) is 6.68. The van der Waals surface area contributed by atoms with Gasteiger partial charge in [-0.2, -0.15) is 0 Å². The third kappa shape index (κ3) is 3.70. The van der Waals surface area contributed by atoms with E-state index < -0.39 is 5.97 Å². The van der Waals surface area contributed by atoms with Crippen LogP contribution in [0.3, 0.4) is 0 Å². The van der Waals surface area contributed by atoms with E-state index in [-0.39, 0.29) is 11.8 Å². The molecule has 0 aliphatic carbocycles. The molecule has 1 aliphatic rings.